The second-order valence-electron chi connectivity index (χ2n) is 13.5. The summed E-state index contributed by atoms with van der Waals surface area (Å²) in [5.74, 6) is 15.8. The van der Waals surface area contributed by atoms with Crippen molar-refractivity contribution < 1.29 is 61.9 Å². The fourth-order valence-corrected chi connectivity index (χ4v) is 7.98. The molecule has 0 atom stereocenters. The minimum atomic E-state index is -1.50. The fraction of sp³-hybridized carbons (Fsp3) is 0.609. The van der Waals surface area contributed by atoms with E-state index < -0.39 is 99.5 Å². The van der Waals surface area contributed by atoms with Crippen molar-refractivity contribution in [3.8, 4) is 74.1 Å². The molecule has 0 heterocycles. The number of terminal acetylenes is 6. The van der Waals surface area contributed by atoms with Gasteiger partial charge >= 0.3 is 35.8 Å². The summed E-state index contributed by atoms with van der Waals surface area (Å²) in [5.41, 5.74) is -3.01. The van der Waals surface area contributed by atoms with Gasteiger partial charge in [0.05, 0.1) is 97.1 Å². The van der Waals surface area contributed by atoms with Crippen molar-refractivity contribution in [2.75, 3.05) is 122 Å². The smallest absolute Gasteiger partial charge is 0.306 e. The summed E-state index contributed by atoms with van der Waals surface area (Å²) in [6, 6.07) is 0. The Labute approximate surface area is 411 Å². The van der Waals surface area contributed by atoms with Crippen LogP contribution in [0.4, 0.5) is 0 Å². The molecule has 0 amide bonds. The summed E-state index contributed by atoms with van der Waals surface area (Å²) in [6.45, 7) is -3.39. The van der Waals surface area contributed by atoms with E-state index in [0.29, 0.717) is 69.0 Å². The molecule has 0 radical (unpaired) electrons. The van der Waals surface area contributed by atoms with Crippen molar-refractivity contribution >= 4 is 106 Å². The summed E-state index contributed by atoms with van der Waals surface area (Å²) in [7, 11) is 0. The molecule has 0 aromatic carbocycles. The molecule has 0 aliphatic carbocycles. The van der Waals surface area contributed by atoms with Crippen LogP contribution in [-0.2, 0) is 61.9 Å². The molecule has 356 valence electrons. The van der Waals surface area contributed by atoms with Crippen molar-refractivity contribution in [1.82, 2.24) is 0 Å². The molecule has 0 saturated heterocycles. The van der Waals surface area contributed by atoms with Gasteiger partial charge in [-0.1, -0.05) is 35.5 Å². The Hall–Kier alpha value is -3.76. The topological polar surface area (TPSA) is 167 Å². The predicted octanol–water partition coefficient (Wildman–Crippen LogP) is 4.77. The van der Waals surface area contributed by atoms with Crippen LogP contribution in [0, 0.1) is 84.9 Å². The van der Waals surface area contributed by atoms with Gasteiger partial charge in [0.1, 0.15) is 39.6 Å². The Morgan fingerprint density at radius 1 is 0.308 bits per heavy atom. The van der Waals surface area contributed by atoms with E-state index in [0.717, 1.165) is 0 Å². The maximum Gasteiger partial charge on any atom is 0.306 e. The zero-order valence-electron chi connectivity index (χ0n) is 36.6. The lowest BCUT2D eigenvalue weighted by Gasteiger charge is -2.35. The number of esters is 6. The standard InChI is InChI=1S/C46H58O13S6/c1-7-19-60-25-13-39(47)54-33-45(34-55-40(48)14-26-61-20-8-2,35-56-41(49)15-27-62-21-9-3)31-53-32-46(36-57-42(50)16-28-63-22-10-4,37-58-43(51)17-29-64-23-11-5)38-59-44(52)18-30-65-24-12-6/h1-6H,13-38H2. The summed E-state index contributed by atoms with van der Waals surface area (Å²) in [4.78, 5) is 77.9. The molecule has 0 aromatic heterocycles. The highest BCUT2D eigenvalue weighted by Gasteiger charge is 2.41. The van der Waals surface area contributed by atoms with E-state index in [1.807, 2.05) is 0 Å². The summed E-state index contributed by atoms with van der Waals surface area (Å²) < 4.78 is 40.5. The highest BCUT2D eigenvalue weighted by atomic mass is 32.2. The van der Waals surface area contributed by atoms with Crippen LogP contribution in [0.3, 0.4) is 0 Å². The zero-order chi connectivity index (χ0) is 48.3. The van der Waals surface area contributed by atoms with E-state index in [1.165, 1.54) is 70.6 Å². The average Bonchev–Trinajstić information content (AvgIpc) is 3.30. The first kappa shape index (κ1) is 61.2. The van der Waals surface area contributed by atoms with E-state index in [9.17, 15) is 28.8 Å². The SMILES string of the molecule is C#CCSCCC(=O)OCC(COCC(COC(=O)CCSCC#C)(COC(=O)CCSCC#C)COC(=O)CCSCC#C)(COC(=O)CCSCC#C)COC(=O)CCSCC#C. The van der Waals surface area contributed by atoms with Crippen LogP contribution in [0.15, 0.2) is 0 Å². The molecular weight excluding hydrogens is 953 g/mol. The van der Waals surface area contributed by atoms with Crippen LogP contribution in [0.25, 0.3) is 0 Å². The number of thioether (sulfide) groups is 6. The molecule has 0 unspecified atom stereocenters. The lowest BCUT2D eigenvalue weighted by molar-refractivity contribution is -0.174. The van der Waals surface area contributed by atoms with Gasteiger partial charge < -0.3 is 33.2 Å². The van der Waals surface area contributed by atoms with Crippen LogP contribution >= 0.6 is 70.6 Å². The number of ether oxygens (including phenoxy) is 7. The Balaban J connectivity index is 6.92. The lowest BCUT2D eigenvalue weighted by atomic mass is 9.90. The van der Waals surface area contributed by atoms with Crippen molar-refractivity contribution in [3.05, 3.63) is 0 Å². The van der Waals surface area contributed by atoms with Gasteiger partial charge in [0.2, 0.25) is 0 Å². The molecule has 0 saturated carbocycles. The summed E-state index contributed by atoms with van der Waals surface area (Å²) in [5, 5.41) is 0. The van der Waals surface area contributed by atoms with E-state index in [2.05, 4.69) is 35.5 Å². The van der Waals surface area contributed by atoms with Gasteiger partial charge in [-0.15, -0.1) is 109 Å². The van der Waals surface area contributed by atoms with Gasteiger partial charge in [-0.2, -0.15) is 0 Å². The molecule has 0 N–H and O–H groups in total. The van der Waals surface area contributed by atoms with E-state index in [1.54, 1.807) is 0 Å². The molecule has 0 aliphatic heterocycles. The molecule has 0 fully saturated rings. The Kier molecular flexibility index (Phi) is 39.2. The van der Waals surface area contributed by atoms with Crippen molar-refractivity contribution in [1.29, 1.82) is 0 Å². The van der Waals surface area contributed by atoms with Gasteiger partial charge in [-0.3, -0.25) is 28.8 Å². The fourth-order valence-electron chi connectivity index (χ4n) is 4.54. The molecule has 0 rings (SSSR count). The predicted molar refractivity (Wildman–Crippen MR) is 266 cm³/mol. The number of hydrogen-bond donors (Lipinski definition) is 0. The third-order valence-corrected chi connectivity index (χ3v) is 13.0. The van der Waals surface area contributed by atoms with E-state index in [-0.39, 0.29) is 38.5 Å². The van der Waals surface area contributed by atoms with Gasteiger partial charge in [-0.05, 0) is 0 Å². The largest absolute Gasteiger partial charge is 0.465 e. The maximum absolute atomic E-state index is 13.0. The van der Waals surface area contributed by atoms with Crippen molar-refractivity contribution in [3.63, 3.8) is 0 Å². The van der Waals surface area contributed by atoms with E-state index >= 15 is 0 Å². The second kappa shape index (κ2) is 41.7. The molecule has 0 aliphatic rings. The highest BCUT2D eigenvalue weighted by Crippen LogP contribution is 2.27. The number of hydrogen-bond acceptors (Lipinski definition) is 19. The van der Waals surface area contributed by atoms with Crippen LogP contribution in [-0.4, -0.2) is 158 Å². The first-order chi connectivity index (χ1) is 31.4. The first-order valence-electron chi connectivity index (χ1n) is 20.0. The van der Waals surface area contributed by atoms with Crippen LogP contribution in [0.5, 0.6) is 0 Å². The van der Waals surface area contributed by atoms with Crippen LogP contribution < -0.4 is 0 Å². The first-order valence-corrected chi connectivity index (χ1v) is 27.0. The van der Waals surface area contributed by atoms with Crippen LogP contribution in [0.1, 0.15) is 38.5 Å². The third kappa shape index (κ3) is 35.2. The minimum Gasteiger partial charge on any atom is -0.465 e. The molecule has 0 aromatic rings. The average molecular weight is 1010 g/mol. The summed E-state index contributed by atoms with van der Waals surface area (Å²) in [6.07, 6.45) is 32.0. The number of rotatable bonds is 40. The summed E-state index contributed by atoms with van der Waals surface area (Å²) >= 11 is 8.14. The molecular formula is C46H58O13S6. The number of carbonyl (C=O) groups is 6. The van der Waals surface area contributed by atoms with Gasteiger partial charge in [0, 0.05) is 34.5 Å². The Morgan fingerprint density at radius 3 is 0.631 bits per heavy atom. The minimum absolute atomic E-state index is 0.00337. The second-order valence-corrected chi connectivity index (χ2v) is 20.1. The molecule has 19 heteroatoms. The van der Waals surface area contributed by atoms with Crippen molar-refractivity contribution in [2.45, 2.75) is 38.5 Å². The number of carbonyl (C=O) groups excluding carboxylic acids is 6. The molecule has 65 heavy (non-hydrogen) atoms. The van der Waals surface area contributed by atoms with Gasteiger partial charge in [-0.25, -0.2) is 0 Å². The van der Waals surface area contributed by atoms with E-state index in [4.69, 9.17) is 71.7 Å². The lowest BCUT2D eigenvalue weighted by Crippen LogP contribution is -2.47. The quantitative estimate of drug-likeness (QED) is 0.0356. The third-order valence-electron chi connectivity index (χ3n) is 7.87. The van der Waals surface area contributed by atoms with Gasteiger partial charge in [0.15, 0.2) is 0 Å². The molecule has 13 nitrogen and oxygen atoms in total. The monoisotopic (exact) mass is 1010 g/mol. The zero-order valence-corrected chi connectivity index (χ0v) is 41.5. The highest BCUT2D eigenvalue weighted by molar-refractivity contribution is 8.00. The Morgan fingerprint density at radius 2 is 0.477 bits per heavy atom. The van der Waals surface area contributed by atoms with Crippen molar-refractivity contribution in [2.24, 2.45) is 10.8 Å². The molecule has 0 bridgehead atoms. The van der Waals surface area contributed by atoms with Crippen LogP contribution in [0.2, 0.25) is 0 Å². The van der Waals surface area contributed by atoms with Gasteiger partial charge in [0.25, 0.3) is 0 Å². The Bertz CT molecular complexity index is 1390. The molecule has 0 spiro atoms. The normalized spacial score (nSPS) is 10.6. The maximum atomic E-state index is 13.0.